The average molecular weight is 198 g/mol. The van der Waals surface area contributed by atoms with Gasteiger partial charge in [0.05, 0.1) is 0 Å². The number of hydrogen-bond acceptors (Lipinski definition) is 2. The minimum absolute atomic E-state index is 0.167. The van der Waals surface area contributed by atoms with Crippen LogP contribution in [0.1, 0.15) is 27.7 Å². The van der Waals surface area contributed by atoms with Crippen LogP contribution >= 0.6 is 0 Å². The van der Waals surface area contributed by atoms with Crippen LogP contribution in [0, 0.1) is 12.5 Å². The van der Waals surface area contributed by atoms with Crippen molar-refractivity contribution in [1.29, 1.82) is 0 Å². The number of hydrogen-bond donors (Lipinski definition) is 1. The highest BCUT2D eigenvalue weighted by atomic mass is 16.6. The third-order valence-electron chi connectivity index (χ3n) is 1.40. The lowest BCUT2D eigenvalue weighted by Crippen LogP contribution is -2.35. The Hall–Kier alpha value is -1.24. The van der Waals surface area contributed by atoms with Crippen molar-refractivity contribution in [1.82, 2.24) is 5.32 Å². The molecule has 1 N–H and O–H groups in total. The summed E-state index contributed by atoms with van der Waals surface area (Å²) in [4.78, 5) is 14.4. The van der Waals surface area contributed by atoms with Gasteiger partial charge in [-0.3, -0.25) is 0 Å². The molecule has 14 heavy (non-hydrogen) atoms. The number of nitrogens with zero attached hydrogens (tertiary/aromatic N) is 1. The summed E-state index contributed by atoms with van der Waals surface area (Å²) in [7, 11) is 0. The van der Waals surface area contributed by atoms with Crippen LogP contribution in [0.2, 0.25) is 0 Å². The Bertz CT molecular complexity index is 225. The van der Waals surface area contributed by atoms with Crippen LogP contribution in [0.3, 0.4) is 0 Å². The van der Waals surface area contributed by atoms with Crippen LogP contribution in [0.5, 0.6) is 0 Å². The molecule has 0 heterocycles. The van der Waals surface area contributed by atoms with E-state index in [0.29, 0.717) is 13.1 Å². The highest BCUT2D eigenvalue weighted by Crippen LogP contribution is 2.06. The van der Waals surface area contributed by atoms with Gasteiger partial charge in [0, 0.05) is 12.5 Å². The van der Waals surface area contributed by atoms with Crippen LogP contribution in [-0.2, 0) is 4.74 Å². The predicted octanol–water partition coefficient (Wildman–Crippen LogP) is 2.07. The molecular weight excluding hydrogens is 180 g/mol. The van der Waals surface area contributed by atoms with Crippen LogP contribution in [0.15, 0.2) is 0 Å². The Labute approximate surface area is 85.5 Å². The van der Waals surface area contributed by atoms with Gasteiger partial charge in [0.2, 0.25) is 6.54 Å². The van der Waals surface area contributed by atoms with E-state index in [1.54, 1.807) is 0 Å². The van der Waals surface area contributed by atoms with Gasteiger partial charge < -0.3 is 14.9 Å². The molecule has 0 fully saturated rings. The SMILES string of the molecule is [C-]#[N+]CC(C)CNC(=O)OC(C)(C)C. The maximum atomic E-state index is 11.2. The first-order chi connectivity index (χ1) is 6.35. The van der Waals surface area contributed by atoms with E-state index < -0.39 is 11.7 Å². The van der Waals surface area contributed by atoms with E-state index >= 15 is 0 Å². The first-order valence-electron chi connectivity index (χ1n) is 4.65. The van der Waals surface area contributed by atoms with E-state index in [4.69, 9.17) is 11.3 Å². The highest BCUT2D eigenvalue weighted by molar-refractivity contribution is 5.67. The minimum Gasteiger partial charge on any atom is -0.444 e. The number of rotatable bonds is 3. The molecule has 0 aromatic heterocycles. The molecule has 0 aromatic carbocycles. The van der Waals surface area contributed by atoms with Gasteiger partial charge in [0.25, 0.3) is 0 Å². The van der Waals surface area contributed by atoms with Crippen molar-refractivity contribution in [2.45, 2.75) is 33.3 Å². The lowest BCUT2D eigenvalue weighted by atomic mass is 10.2. The number of ether oxygens (including phenoxy) is 1. The van der Waals surface area contributed by atoms with Crippen molar-refractivity contribution >= 4 is 6.09 Å². The second-order valence-electron chi connectivity index (χ2n) is 4.33. The van der Waals surface area contributed by atoms with E-state index in [-0.39, 0.29) is 5.92 Å². The molecule has 0 spiro atoms. The fourth-order valence-electron chi connectivity index (χ4n) is 0.792. The van der Waals surface area contributed by atoms with Crippen molar-refractivity contribution in [2.75, 3.05) is 13.1 Å². The molecule has 1 amide bonds. The minimum atomic E-state index is -0.465. The van der Waals surface area contributed by atoms with Gasteiger partial charge in [-0.1, -0.05) is 6.92 Å². The summed E-state index contributed by atoms with van der Waals surface area (Å²) in [5.41, 5.74) is -0.465. The molecule has 1 unspecified atom stereocenters. The van der Waals surface area contributed by atoms with E-state index in [2.05, 4.69) is 10.2 Å². The Balaban J connectivity index is 3.71. The standard InChI is InChI=1S/C10H18N2O2/c1-8(6-11-5)7-12-9(13)14-10(2,3)4/h8H,6-7H2,1-4H3,(H,12,13). The molecule has 0 saturated heterocycles. The molecule has 0 aromatic rings. The summed E-state index contributed by atoms with van der Waals surface area (Å²) in [6.07, 6.45) is -0.422. The molecule has 0 bridgehead atoms. The van der Waals surface area contributed by atoms with Gasteiger partial charge in [-0.15, -0.1) is 0 Å². The zero-order valence-electron chi connectivity index (χ0n) is 9.26. The molecular formula is C10H18N2O2. The topological polar surface area (TPSA) is 42.7 Å². The van der Waals surface area contributed by atoms with Crippen molar-refractivity contribution in [3.8, 4) is 0 Å². The number of carbonyl (C=O) groups is 1. The zero-order chi connectivity index (χ0) is 11.2. The lowest BCUT2D eigenvalue weighted by Gasteiger charge is -2.20. The van der Waals surface area contributed by atoms with E-state index in [0.717, 1.165) is 0 Å². The molecule has 0 saturated carbocycles. The van der Waals surface area contributed by atoms with E-state index in [1.165, 1.54) is 0 Å². The fourth-order valence-corrected chi connectivity index (χ4v) is 0.792. The summed E-state index contributed by atoms with van der Waals surface area (Å²) in [5, 5.41) is 2.62. The number of alkyl carbamates (subject to hydrolysis) is 1. The molecule has 1 atom stereocenters. The third-order valence-corrected chi connectivity index (χ3v) is 1.40. The van der Waals surface area contributed by atoms with Crippen LogP contribution in [0.25, 0.3) is 4.85 Å². The molecule has 4 heteroatoms. The summed E-state index contributed by atoms with van der Waals surface area (Å²) < 4.78 is 5.04. The largest absolute Gasteiger partial charge is 0.444 e. The number of nitrogens with one attached hydrogen (secondary N) is 1. The van der Waals surface area contributed by atoms with Crippen molar-refractivity contribution < 1.29 is 9.53 Å². The monoisotopic (exact) mass is 198 g/mol. The average Bonchev–Trinajstić information content (AvgIpc) is 1.98. The number of carbonyl (C=O) groups excluding carboxylic acids is 1. The Kier molecular flexibility index (Phi) is 5.00. The molecule has 0 rings (SSSR count). The molecule has 80 valence electrons. The fraction of sp³-hybridized carbons (Fsp3) is 0.800. The maximum absolute atomic E-state index is 11.2. The summed E-state index contributed by atoms with van der Waals surface area (Å²) >= 11 is 0. The zero-order valence-corrected chi connectivity index (χ0v) is 9.26. The quantitative estimate of drug-likeness (QED) is 0.705. The third kappa shape index (κ3) is 7.41. The van der Waals surface area contributed by atoms with Crippen molar-refractivity contribution in [3.05, 3.63) is 11.4 Å². The van der Waals surface area contributed by atoms with Gasteiger partial charge in [-0.2, -0.15) is 0 Å². The molecule has 0 radical (unpaired) electrons. The first kappa shape index (κ1) is 12.8. The Morgan fingerprint density at radius 3 is 2.57 bits per heavy atom. The maximum Gasteiger partial charge on any atom is 0.407 e. The smallest absolute Gasteiger partial charge is 0.407 e. The molecule has 0 aliphatic carbocycles. The Morgan fingerprint density at radius 1 is 1.57 bits per heavy atom. The van der Waals surface area contributed by atoms with Crippen molar-refractivity contribution in [2.24, 2.45) is 5.92 Å². The van der Waals surface area contributed by atoms with E-state index in [1.807, 2.05) is 27.7 Å². The van der Waals surface area contributed by atoms with Crippen LogP contribution < -0.4 is 5.32 Å². The van der Waals surface area contributed by atoms with Gasteiger partial charge in [-0.05, 0) is 20.8 Å². The first-order valence-corrected chi connectivity index (χ1v) is 4.65. The molecule has 0 aliphatic heterocycles. The predicted molar refractivity (Wildman–Crippen MR) is 54.9 cm³/mol. The molecule has 4 nitrogen and oxygen atoms in total. The van der Waals surface area contributed by atoms with Gasteiger partial charge in [0.15, 0.2) is 0 Å². The molecule has 0 aliphatic rings. The van der Waals surface area contributed by atoms with Gasteiger partial charge >= 0.3 is 6.09 Å². The highest BCUT2D eigenvalue weighted by Gasteiger charge is 2.16. The second kappa shape index (κ2) is 5.48. The van der Waals surface area contributed by atoms with Gasteiger partial charge in [0.1, 0.15) is 5.60 Å². The van der Waals surface area contributed by atoms with Gasteiger partial charge in [-0.25, -0.2) is 11.4 Å². The number of amides is 1. The van der Waals surface area contributed by atoms with Crippen LogP contribution in [-0.4, -0.2) is 24.8 Å². The lowest BCUT2D eigenvalue weighted by molar-refractivity contribution is 0.0521. The van der Waals surface area contributed by atoms with Crippen molar-refractivity contribution in [3.63, 3.8) is 0 Å². The Morgan fingerprint density at radius 2 is 2.14 bits per heavy atom. The summed E-state index contributed by atoms with van der Waals surface area (Å²) in [5.74, 6) is 0.167. The van der Waals surface area contributed by atoms with Crippen LogP contribution in [0.4, 0.5) is 4.79 Å². The summed E-state index contributed by atoms with van der Waals surface area (Å²) in [6.45, 7) is 14.9. The summed E-state index contributed by atoms with van der Waals surface area (Å²) in [6, 6.07) is 0. The van der Waals surface area contributed by atoms with E-state index in [9.17, 15) is 4.79 Å². The second-order valence-corrected chi connectivity index (χ2v) is 4.33. The normalized spacial score (nSPS) is 12.8.